The van der Waals surface area contributed by atoms with Crippen LogP contribution in [0, 0.1) is 0 Å². The van der Waals surface area contributed by atoms with Crippen molar-refractivity contribution >= 4 is 0 Å². The first-order chi connectivity index (χ1) is 5.75. The van der Waals surface area contributed by atoms with Gasteiger partial charge in [0.1, 0.15) is 6.17 Å². The second kappa shape index (κ2) is 4.21. The van der Waals surface area contributed by atoms with E-state index in [0.29, 0.717) is 0 Å². The molecule has 0 aliphatic carbocycles. The molecule has 0 spiro atoms. The fourth-order valence-corrected chi connectivity index (χ4v) is 1.07. The van der Waals surface area contributed by atoms with Gasteiger partial charge >= 0.3 is 0 Å². The van der Waals surface area contributed by atoms with Gasteiger partial charge in [0.2, 0.25) is 0 Å². The summed E-state index contributed by atoms with van der Waals surface area (Å²) in [6.45, 7) is 1.83. The zero-order chi connectivity index (χ0) is 8.97. The minimum Gasteiger partial charge on any atom is -0.314 e. The van der Waals surface area contributed by atoms with Crippen LogP contribution in [0.1, 0.15) is 18.7 Å². The van der Waals surface area contributed by atoms with Crippen molar-refractivity contribution in [1.29, 1.82) is 0 Å². The molecule has 1 rings (SSSR count). The summed E-state index contributed by atoms with van der Waals surface area (Å²) in [7, 11) is 1.76. The predicted octanol–water partition coefficient (Wildman–Crippen LogP) is 2.31. The molecule has 1 N–H and O–H groups in total. The monoisotopic (exact) mass is 167 g/mol. The van der Waals surface area contributed by atoms with E-state index in [2.05, 4.69) is 5.32 Å². The molecule has 0 saturated carbocycles. The maximum atomic E-state index is 13.5. The van der Waals surface area contributed by atoms with Crippen molar-refractivity contribution in [2.45, 2.75) is 19.1 Å². The number of likely N-dealkylation sites (N-methyl/N-ethyl adjacent to an activating group) is 1. The molecule has 12 heavy (non-hydrogen) atoms. The summed E-state index contributed by atoms with van der Waals surface area (Å²) >= 11 is 0. The minimum absolute atomic E-state index is 0.132. The number of hydrogen-bond donors (Lipinski definition) is 1. The SMILES string of the molecule is CN[C@H](C)[C@H](F)c1ccccc1. The Labute approximate surface area is 72.6 Å². The Hall–Kier alpha value is -0.890. The van der Waals surface area contributed by atoms with E-state index in [1.54, 1.807) is 19.2 Å². The molecule has 0 amide bonds. The van der Waals surface area contributed by atoms with Gasteiger partial charge in [-0.3, -0.25) is 0 Å². The molecule has 0 heterocycles. The number of hydrogen-bond acceptors (Lipinski definition) is 1. The molecule has 66 valence electrons. The highest BCUT2D eigenvalue weighted by molar-refractivity contribution is 5.18. The smallest absolute Gasteiger partial charge is 0.140 e. The van der Waals surface area contributed by atoms with Gasteiger partial charge in [0.25, 0.3) is 0 Å². The van der Waals surface area contributed by atoms with E-state index >= 15 is 0 Å². The van der Waals surface area contributed by atoms with Gasteiger partial charge in [0.15, 0.2) is 0 Å². The van der Waals surface area contributed by atoms with Crippen molar-refractivity contribution in [2.24, 2.45) is 0 Å². The summed E-state index contributed by atoms with van der Waals surface area (Å²) in [5, 5.41) is 2.89. The van der Waals surface area contributed by atoms with E-state index < -0.39 is 6.17 Å². The van der Waals surface area contributed by atoms with Gasteiger partial charge in [0.05, 0.1) is 0 Å². The van der Waals surface area contributed by atoms with Crippen LogP contribution in [-0.4, -0.2) is 13.1 Å². The van der Waals surface area contributed by atoms with E-state index in [1.807, 2.05) is 25.1 Å². The highest BCUT2D eigenvalue weighted by Crippen LogP contribution is 2.20. The maximum Gasteiger partial charge on any atom is 0.140 e. The summed E-state index contributed by atoms with van der Waals surface area (Å²) < 4.78 is 13.5. The molecule has 0 fully saturated rings. The van der Waals surface area contributed by atoms with Crippen LogP contribution in [0.5, 0.6) is 0 Å². The summed E-state index contributed by atoms with van der Waals surface area (Å²) in [4.78, 5) is 0. The molecule has 2 atom stereocenters. The van der Waals surface area contributed by atoms with Gasteiger partial charge in [0, 0.05) is 6.04 Å². The Kier molecular flexibility index (Phi) is 3.23. The van der Waals surface area contributed by atoms with Gasteiger partial charge in [-0.25, -0.2) is 4.39 Å². The molecule has 0 unspecified atom stereocenters. The number of halogens is 1. The molecule has 0 bridgehead atoms. The molecule has 0 aliphatic heterocycles. The molecular formula is C10H14FN. The topological polar surface area (TPSA) is 12.0 Å². The third-order valence-corrected chi connectivity index (χ3v) is 2.01. The van der Waals surface area contributed by atoms with Gasteiger partial charge in [-0.1, -0.05) is 30.3 Å². The van der Waals surface area contributed by atoms with E-state index in [-0.39, 0.29) is 6.04 Å². The fraction of sp³-hybridized carbons (Fsp3) is 0.400. The van der Waals surface area contributed by atoms with Crippen LogP contribution >= 0.6 is 0 Å². The number of rotatable bonds is 3. The first-order valence-corrected chi connectivity index (χ1v) is 4.12. The van der Waals surface area contributed by atoms with Crippen LogP contribution in [0.4, 0.5) is 4.39 Å². The molecule has 0 radical (unpaired) electrons. The Bertz CT molecular complexity index is 223. The van der Waals surface area contributed by atoms with Crippen molar-refractivity contribution in [3.8, 4) is 0 Å². The predicted molar refractivity (Wildman–Crippen MR) is 48.8 cm³/mol. The van der Waals surface area contributed by atoms with E-state index in [9.17, 15) is 4.39 Å². The molecule has 0 aromatic heterocycles. The lowest BCUT2D eigenvalue weighted by Gasteiger charge is -2.15. The van der Waals surface area contributed by atoms with Crippen LogP contribution < -0.4 is 5.32 Å². The third kappa shape index (κ3) is 2.05. The van der Waals surface area contributed by atoms with Gasteiger partial charge in [-0.2, -0.15) is 0 Å². The molecule has 0 aliphatic rings. The van der Waals surface area contributed by atoms with Crippen molar-refractivity contribution < 1.29 is 4.39 Å². The standard InChI is InChI=1S/C10H14FN/c1-8(12-2)10(11)9-6-4-3-5-7-9/h3-8,10,12H,1-2H3/t8-,10+/m1/s1. The second-order valence-corrected chi connectivity index (χ2v) is 2.89. The van der Waals surface area contributed by atoms with Crippen LogP contribution in [0.15, 0.2) is 30.3 Å². The molecule has 1 nitrogen and oxygen atoms in total. The van der Waals surface area contributed by atoms with E-state index in [4.69, 9.17) is 0 Å². The second-order valence-electron chi connectivity index (χ2n) is 2.89. The molecule has 2 heteroatoms. The third-order valence-electron chi connectivity index (χ3n) is 2.01. The molecule has 1 aromatic carbocycles. The summed E-state index contributed by atoms with van der Waals surface area (Å²) in [5.74, 6) is 0. The zero-order valence-electron chi connectivity index (χ0n) is 7.42. The van der Waals surface area contributed by atoms with Crippen molar-refractivity contribution in [1.82, 2.24) is 5.32 Å². The first kappa shape index (κ1) is 9.20. The van der Waals surface area contributed by atoms with Crippen LogP contribution in [-0.2, 0) is 0 Å². The average molecular weight is 167 g/mol. The van der Waals surface area contributed by atoms with Crippen LogP contribution in [0.25, 0.3) is 0 Å². The van der Waals surface area contributed by atoms with Crippen LogP contribution in [0.2, 0.25) is 0 Å². The Morgan fingerprint density at radius 2 is 1.83 bits per heavy atom. The van der Waals surface area contributed by atoms with Gasteiger partial charge in [-0.15, -0.1) is 0 Å². The maximum absolute atomic E-state index is 13.5. The Morgan fingerprint density at radius 3 is 2.33 bits per heavy atom. The Morgan fingerprint density at radius 1 is 1.25 bits per heavy atom. The quantitative estimate of drug-likeness (QED) is 0.728. The number of benzene rings is 1. The lowest BCUT2D eigenvalue weighted by atomic mass is 10.1. The number of nitrogens with one attached hydrogen (secondary N) is 1. The lowest BCUT2D eigenvalue weighted by Crippen LogP contribution is -2.26. The Balaban J connectivity index is 2.71. The summed E-state index contributed by atoms with van der Waals surface area (Å²) in [5.41, 5.74) is 0.736. The molecular weight excluding hydrogens is 153 g/mol. The number of alkyl halides is 1. The summed E-state index contributed by atoms with van der Waals surface area (Å²) in [6, 6.07) is 9.07. The van der Waals surface area contributed by atoms with E-state index in [0.717, 1.165) is 5.56 Å². The first-order valence-electron chi connectivity index (χ1n) is 4.12. The average Bonchev–Trinajstić information content (AvgIpc) is 2.17. The summed E-state index contributed by atoms with van der Waals surface area (Å²) in [6.07, 6.45) is -0.920. The van der Waals surface area contributed by atoms with E-state index in [1.165, 1.54) is 0 Å². The highest BCUT2D eigenvalue weighted by Gasteiger charge is 2.15. The van der Waals surface area contributed by atoms with Crippen molar-refractivity contribution in [2.75, 3.05) is 7.05 Å². The molecule has 0 saturated heterocycles. The minimum atomic E-state index is -0.920. The van der Waals surface area contributed by atoms with Gasteiger partial charge < -0.3 is 5.32 Å². The zero-order valence-corrected chi connectivity index (χ0v) is 7.42. The van der Waals surface area contributed by atoms with Gasteiger partial charge in [-0.05, 0) is 19.5 Å². The van der Waals surface area contributed by atoms with Crippen molar-refractivity contribution in [3.05, 3.63) is 35.9 Å². The lowest BCUT2D eigenvalue weighted by molar-refractivity contribution is 0.275. The fourth-order valence-electron chi connectivity index (χ4n) is 1.07. The normalized spacial score (nSPS) is 15.6. The van der Waals surface area contributed by atoms with Crippen molar-refractivity contribution in [3.63, 3.8) is 0 Å². The van der Waals surface area contributed by atoms with Crippen LogP contribution in [0.3, 0.4) is 0 Å². The molecule has 1 aromatic rings. The highest BCUT2D eigenvalue weighted by atomic mass is 19.1. The largest absolute Gasteiger partial charge is 0.314 e.